The normalized spacial score (nSPS) is 18.1. The van der Waals surface area contributed by atoms with E-state index in [0.717, 1.165) is 33.1 Å². The average molecular weight is 541 g/mol. The summed E-state index contributed by atoms with van der Waals surface area (Å²) in [6, 6.07) is 9.90. The highest BCUT2D eigenvalue weighted by atomic mass is 35.5. The first kappa shape index (κ1) is 25.7. The van der Waals surface area contributed by atoms with Gasteiger partial charge < -0.3 is 4.74 Å². The van der Waals surface area contributed by atoms with Gasteiger partial charge in [0, 0.05) is 64.0 Å². The van der Waals surface area contributed by atoms with Crippen LogP contribution in [0.5, 0.6) is 0 Å². The highest BCUT2D eigenvalue weighted by molar-refractivity contribution is 7.15. The Kier molecular flexibility index (Phi) is 7.82. The van der Waals surface area contributed by atoms with E-state index in [1.165, 1.54) is 11.3 Å². The van der Waals surface area contributed by atoms with Crippen molar-refractivity contribution < 1.29 is 14.4 Å². The fraction of sp³-hybridized carbons (Fsp3) is 0.385. The molecule has 4 aromatic rings. The number of methoxy groups -OCH3 is 1. The lowest BCUT2D eigenvalue weighted by Crippen LogP contribution is -2.24. The summed E-state index contributed by atoms with van der Waals surface area (Å²) < 4.78 is 9.31. The van der Waals surface area contributed by atoms with E-state index in [2.05, 4.69) is 10.1 Å². The summed E-state index contributed by atoms with van der Waals surface area (Å²) in [6.45, 7) is 3.82. The number of thiazole rings is 1. The molecule has 0 saturated carbocycles. The van der Waals surface area contributed by atoms with Gasteiger partial charge in [0.1, 0.15) is 11.9 Å². The number of nitrogens with zero attached hydrogens (tertiary/aromatic N) is 6. The number of para-hydroxylation sites is 1. The number of Topliss-reactive ketones (excluding diaryl/α,β-unsaturated/α-hetero) is 1. The van der Waals surface area contributed by atoms with Crippen molar-refractivity contribution in [1.82, 2.24) is 29.6 Å². The summed E-state index contributed by atoms with van der Waals surface area (Å²) >= 11 is 7.49. The van der Waals surface area contributed by atoms with E-state index in [0.29, 0.717) is 30.6 Å². The van der Waals surface area contributed by atoms with Crippen LogP contribution in [0.4, 0.5) is 0 Å². The molecule has 4 heterocycles. The lowest BCUT2D eigenvalue weighted by molar-refractivity contribution is -0.154. The van der Waals surface area contributed by atoms with Crippen LogP contribution in [0.25, 0.3) is 16.9 Å². The molecule has 1 fully saturated rings. The summed E-state index contributed by atoms with van der Waals surface area (Å²) in [5.41, 5.74) is 4.51. The predicted molar refractivity (Wildman–Crippen MR) is 142 cm³/mol. The first-order valence-corrected chi connectivity index (χ1v) is 13.3. The topological polar surface area (TPSA) is 87.3 Å². The van der Waals surface area contributed by atoms with Crippen molar-refractivity contribution in [2.75, 3.05) is 26.8 Å². The van der Waals surface area contributed by atoms with Crippen LogP contribution in [-0.2, 0) is 27.8 Å². The third kappa shape index (κ3) is 5.68. The summed E-state index contributed by atoms with van der Waals surface area (Å²) in [7, 11) is 3.54. The van der Waals surface area contributed by atoms with Crippen molar-refractivity contribution >= 4 is 28.7 Å². The van der Waals surface area contributed by atoms with Crippen molar-refractivity contribution in [3.05, 3.63) is 69.5 Å². The Morgan fingerprint density at radius 3 is 2.76 bits per heavy atom. The molecule has 1 aromatic carbocycles. The molecule has 0 spiro atoms. The van der Waals surface area contributed by atoms with Crippen molar-refractivity contribution in [2.45, 2.75) is 25.9 Å². The van der Waals surface area contributed by atoms with Gasteiger partial charge in [-0.1, -0.05) is 29.8 Å². The lowest BCUT2D eigenvalue weighted by atomic mass is 9.93. The Balaban J connectivity index is 1.40. The Labute approximate surface area is 224 Å². The molecule has 2 atom stereocenters. The van der Waals surface area contributed by atoms with Crippen LogP contribution in [0, 0.1) is 12.8 Å². The maximum atomic E-state index is 13.6. The largest absolute Gasteiger partial charge is 0.383 e. The van der Waals surface area contributed by atoms with E-state index in [1.807, 2.05) is 60.2 Å². The maximum Gasteiger partial charge on any atom is 0.183 e. The second-order valence-corrected chi connectivity index (χ2v) is 10.8. The quantitative estimate of drug-likeness (QED) is 0.294. The highest BCUT2D eigenvalue weighted by Crippen LogP contribution is 2.40. The number of benzene rings is 1. The molecule has 0 amide bonds. The number of halogens is 1. The Bertz CT molecular complexity index is 1370. The molecule has 11 heteroatoms. The molecular weight excluding hydrogens is 512 g/mol. The molecule has 0 unspecified atom stereocenters. The Morgan fingerprint density at radius 1 is 1.27 bits per heavy atom. The molecule has 3 aromatic heterocycles. The molecular formula is C26H29ClN6O3S. The van der Waals surface area contributed by atoms with Gasteiger partial charge in [-0.25, -0.2) is 9.67 Å². The van der Waals surface area contributed by atoms with Crippen molar-refractivity contribution in [2.24, 2.45) is 13.0 Å². The number of ether oxygens (including phenoxy) is 1. The van der Waals surface area contributed by atoms with Crippen LogP contribution in [0.1, 0.15) is 28.7 Å². The van der Waals surface area contributed by atoms with E-state index in [9.17, 15) is 4.79 Å². The molecule has 5 rings (SSSR count). The number of hydroxylamine groups is 2. The van der Waals surface area contributed by atoms with Crippen molar-refractivity contribution in [1.29, 1.82) is 0 Å². The number of hydrogen-bond acceptors (Lipinski definition) is 8. The number of aryl methyl sites for hydroxylation is 1. The molecule has 194 valence electrons. The Morgan fingerprint density at radius 2 is 2.08 bits per heavy atom. The zero-order valence-electron chi connectivity index (χ0n) is 21.0. The standard InChI is InChI=1S/C26H29ClN6O3S/c1-17-22(33(20-7-5-4-6-8-20)30-24(17)19-13-29-31(2)15-19)12-21(34)11-18-16-32(9-10-35-3)36-25(18)23-14-28-26(27)37-23/h4-8,13-15,18,25H,9-12,16H2,1-3H3/t18-,25-/m1/s1. The summed E-state index contributed by atoms with van der Waals surface area (Å²) in [5, 5.41) is 11.1. The van der Waals surface area contributed by atoms with Crippen LogP contribution in [-0.4, -0.2) is 62.2 Å². The summed E-state index contributed by atoms with van der Waals surface area (Å²) in [4.78, 5) is 24.9. The third-order valence-corrected chi connectivity index (χ3v) is 7.70. The number of ketones is 1. The lowest BCUT2D eigenvalue weighted by Gasteiger charge is -2.15. The maximum absolute atomic E-state index is 13.6. The van der Waals surface area contributed by atoms with Gasteiger partial charge in [-0.15, -0.1) is 11.3 Å². The van der Waals surface area contributed by atoms with Crippen molar-refractivity contribution in [3.8, 4) is 16.9 Å². The van der Waals surface area contributed by atoms with Crippen LogP contribution >= 0.6 is 22.9 Å². The van der Waals surface area contributed by atoms with Gasteiger partial charge in [-0.2, -0.15) is 15.3 Å². The fourth-order valence-electron chi connectivity index (χ4n) is 4.73. The van der Waals surface area contributed by atoms with Gasteiger partial charge in [-0.05, 0) is 24.6 Å². The number of aromatic nitrogens is 5. The Hall–Kier alpha value is -2.89. The summed E-state index contributed by atoms with van der Waals surface area (Å²) in [6.07, 6.45) is 5.84. The molecule has 0 bridgehead atoms. The average Bonchev–Trinajstić information content (AvgIpc) is 3.67. The minimum Gasteiger partial charge on any atom is -0.383 e. The highest BCUT2D eigenvalue weighted by Gasteiger charge is 2.38. The molecule has 0 radical (unpaired) electrons. The molecule has 0 N–H and O–H groups in total. The number of carbonyl (C=O) groups is 1. The van der Waals surface area contributed by atoms with Gasteiger partial charge in [0.05, 0.1) is 34.8 Å². The number of rotatable bonds is 10. The number of carbonyl (C=O) groups excluding carboxylic acids is 1. The van der Waals surface area contributed by atoms with E-state index < -0.39 is 0 Å². The van der Waals surface area contributed by atoms with Crippen LogP contribution in [0.2, 0.25) is 4.47 Å². The first-order valence-electron chi connectivity index (χ1n) is 12.1. The third-order valence-electron chi connectivity index (χ3n) is 6.53. The zero-order chi connectivity index (χ0) is 25.9. The second kappa shape index (κ2) is 11.2. The van der Waals surface area contributed by atoms with Gasteiger partial charge >= 0.3 is 0 Å². The monoisotopic (exact) mass is 540 g/mol. The van der Waals surface area contributed by atoms with Gasteiger partial charge in [0.25, 0.3) is 0 Å². The van der Waals surface area contributed by atoms with Crippen LogP contribution < -0.4 is 0 Å². The van der Waals surface area contributed by atoms with E-state index in [1.54, 1.807) is 24.2 Å². The minimum absolute atomic E-state index is 0.0212. The van der Waals surface area contributed by atoms with E-state index in [-0.39, 0.29) is 24.2 Å². The van der Waals surface area contributed by atoms with Gasteiger partial charge in [-0.3, -0.25) is 14.3 Å². The molecule has 1 aliphatic rings. The molecule has 0 aliphatic carbocycles. The van der Waals surface area contributed by atoms with Crippen molar-refractivity contribution in [3.63, 3.8) is 0 Å². The fourth-order valence-corrected chi connectivity index (χ4v) is 5.80. The molecule has 37 heavy (non-hydrogen) atoms. The predicted octanol–water partition coefficient (Wildman–Crippen LogP) is 4.44. The number of hydrogen-bond donors (Lipinski definition) is 0. The first-order chi connectivity index (χ1) is 17.9. The van der Waals surface area contributed by atoms with E-state index in [4.69, 9.17) is 26.3 Å². The van der Waals surface area contributed by atoms with Gasteiger partial charge in [0.2, 0.25) is 0 Å². The van der Waals surface area contributed by atoms with E-state index >= 15 is 0 Å². The second-order valence-electron chi connectivity index (χ2n) is 9.17. The van der Waals surface area contributed by atoms with Crippen LogP contribution in [0.3, 0.4) is 0 Å². The minimum atomic E-state index is -0.267. The molecule has 1 aliphatic heterocycles. The van der Waals surface area contributed by atoms with Crippen LogP contribution in [0.15, 0.2) is 48.9 Å². The van der Waals surface area contributed by atoms with Gasteiger partial charge in [0.15, 0.2) is 4.47 Å². The molecule has 9 nitrogen and oxygen atoms in total. The molecule has 1 saturated heterocycles. The summed E-state index contributed by atoms with van der Waals surface area (Å²) in [5.74, 6) is 0.104. The smallest absolute Gasteiger partial charge is 0.183 e. The zero-order valence-corrected chi connectivity index (χ0v) is 22.6. The SMILES string of the molecule is COCCN1C[C@@H](CC(=O)Cc2c(C)c(-c3cnn(C)c3)nn2-c2ccccc2)[C@H](c2cnc(Cl)s2)O1.